The minimum Gasteiger partial charge on any atom is -0.311 e. The van der Waals surface area contributed by atoms with Crippen molar-refractivity contribution in [3.63, 3.8) is 0 Å². The van der Waals surface area contributed by atoms with E-state index in [2.05, 4.69) is 35.3 Å². The van der Waals surface area contributed by atoms with Crippen LogP contribution in [0.4, 0.5) is 0 Å². The molecule has 0 unspecified atom stereocenters. The van der Waals surface area contributed by atoms with Gasteiger partial charge in [0, 0.05) is 12.7 Å². The van der Waals surface area contributed by atoms with E-state index < -0.39 is 0 Å². The number of hydrogen-bond donors (Lipinski definition) is 0. The normalized spacial score (nSPS) is 12.2. The first-order valence-corrected chi connectivity index (χ1v) is 7.97. The highest BCUT2D eigenvalue weighted by Gasteiger charge is 2.21. The molecule has 0 spiro atoms. The molecule has 2 rings (SSSR count). The maximum atomic E-state index is 6.05. The number of fused-ring (bicyclic) bond motifs is 1. The molecule has 3 nitrogen and oxygen atoms in total. The molecule has 0 radical (unpaired) electrons. The van der Waals surface area contributed by atoms with Gasteiger partial charge < -0.3 is 4.57 Å². The van der Waals surface area contributed by atoms with Crippen LogP contribution in [-0.4, -0.2) is 14.5 Å². The number of aromatic nitrogens is 3. The Bertz CT molecular complexity index is 560. The van der Waals surface area contributed by atoms with Crippen LogP contribution in [0.2, 0.25) is 0 Å². The van der Waals surface area contributed by atoms with Crippen LogP contribution in [-0.2, 0) is 12.4 Å². The number of halogens is 1. The number of unbranched alkanes of at least 4 members (excludes halogenated alkanes) is 2. The minimum absolute atomic E-state index is 0.237. The van der Waals surface area contributed by atoms with E-state index in [1.807, 2.05) is 18.3 Å². The topological polar surface area (TPSA) is 30.7 Å². The van der Waals surface area contributed by atoms with Gasteiger partial charge in [0.05, 0.1) is 5.88 Å². The Balaban J connectivity index is 2.23. The van der Waals surface area contributed by atoms with Crippen LogP contribution in [0.1, 0.15) is 52.3 Å². The SMILES string of the molecule is CCCCCC(C)(C)Cn1c(CCl)nc2cccnc21. The third kappa shape index (κ3) is 3.51. The first-order valence-electron chi connectivity index (χ1n) is 7.43. The van der Waals surface area contributed by atoms with Crippen molar-refractivity contribution in [1.82, 2.24) is 14.5 Å². The third-order valence-electron chi connectivity index (χ3n) is 3.75. The monoisotopic (exact) mass is 293 g/mol. The summed E-state index contributed by atoms with van der Waals surface area (Å²) in [6, 6.07) is 3.92. The van der Waals surface area contributed by atoms with Gasteiger partial charge in [0.15, 0.2) is 5.65 Å². The van der Waals surface area contributed by atoms with E-state index >= 15 is 0 Å². The first-order chi connectivity index (χ1) is 9.57. The van der Waals surface area contributed by atoms with Gasteiger partial charge in [-0.1, -0.05) is 40.0 Å². The second-order valence-corrected chi connectivity index (χ2v) is 6.48. The fourth-order valence-corrected chi connectivity index (χ4v) is 2.84. The van der Waals surface area contributed by atoms with Crippen LogP contribution in [0.25, 0.3) is 11.2 Å². The van der Waals surface area contributed by atoms with Gasteiger partial charge in [-0.25, -0.2) is 9.97 Å². The zero-order valence-electron chi connectivity index (χ0n) is 12.7. The number of hydrogen-bond acceptors (Lipinski definition) is 2. The van der Waals surface area contributed by atoms with Crippen LogP contribution in [0.15, 0.2) is 18.3 Å². The quantitative estimate of drug-likeness (QED) is 0.543. The van der Waals surface area contributed by atoms with Gasteiger partial charge in [0.2, 0.25) is 0 Å². The van der Waals surface area contributed by atoms with Crippen LogP contribution in [0.3, 0.4) is 0 Å². The number of alkyl halides is 1. The summed E-state index contributed by atoms with van der Waals surface area (Å²) in [5.41, 5.74) is 2.13. The predicted molar refractivity (Wildman–Crippen MR) is 85.0 cm³/mol. The summed E-state index contributed by atoms with van der Waals surface area (Å²) in [6.07, 6.45) is 6.88. The van der Waals surface area contributed by atoms with Crippen molar-refractivity contribution in [1.29, 1.82) is 0 Å². The van der Waals surface area contributed by atoms with Gasteiger partial charge in [-0.3, -0.25) is 0 Å². The van der Waals surface area contributed by atoms with E-state index in [1.165, 1.54) is 25.7 Å². The van der Waals surface area contributed by atoms with E-state index in [9.17, 15) is 0 Å². The molecule has 0 fully saturated rings. The molecule has 0 aliphatic rings. The van der Waals surface area contributed by atoms with Crippen LogP contribution < -0.4 is 0 Å². The molecule has 2 heterocycles. The first kappa shape index (κ1) is 15.3. The van der Waals surface area contributed by atoms with E-state index in [-0.39, 0.29) is 5.41 Å². The Morgan fingerprint density at radius 3 is 2.80 bits per heavy atom. The smallest absolute Gasteiger partial charge is 0.160 e. The summed E-state index contributed by atoms with van der Waals surface area (Å²) >= 11 is 6.05. The molecule has 0 N–H and O–H groups in total. The molecule has 110 valence electrons. The Morgan fingerprint density at radius 2 is 2.10 bits per heavy atom. The second-order valence-electron chi connectivity index (χ2n) is 6.22. The van der Waals surface area contributed by atoms with E-state index in [4.69, 9.17) is 11.6 Å². The van der Waals surface area contributed by atoms with Crippen molar-refractivity contribution in [3.8, 4) is 0 Å². The summed E-state index contributed by atoms with van der Waals surface area (Å²) in [4.78, 5) is 9.05. The van der Waals surface area contributed by atoms with Crippen molar-refractivity contribution in [3.05, 3.63) is 24.2 Å². The van der Waals surface area contributed by atoms with Crippen molar-refractivity contribution in [2.45, 2.75) is 58.9 Å². The lowest BCUT2D eigenvalue weighted by Crippen LogP contribution is -2.21. The molecular weight excluding hydrogens is 270 g/mol. The van der Waals surface area contributed by atoms with Crippen LogP contribution in [0.5, 0.6) is 0 Å². The molecule has 0 aromatic carbocycles. The molecule has 2 aromatic heterocycles. The standard InChI is InChI=1S/C16H24ClN3/c1-4-5-6-9-16(2,3)12-20-14(11-17)19-13-8-7-10-18-15(13)20/h7-8,10H,4-6,9,11-12H2,1-3H3. The average Bonchev–Trinajstić information content (AvgIpc) is 2.77. The summed E-state index contributed by atoms with van der Waals surface area (Å²) in [7, 11) is 0. The molecule has 0 atom stereocenters. The Labute approximate surface area is 126 Å². The maximum Gasteiger partial charge on any atom is 0.160 e. The predicted octanol–water partition coefficient (Wildman–Crippen LogP) is 4.78. The number of imidazole rings is 1. The summed E-state index contributed by atoms with van der Waals surface area (Å²) in [5, 5.41) is 0. The number of rotatable bonds is 7. The molecule has 2 aromatic rings. The molecule has 4 heteroatoms. The summed E-state index contributed by atoms with van der Waals surface area (Å²) in [5.74, 6) is 1.35. The largest absolute Gasteiger partial charge is 0.311 e. The van der Waals surface area contributed by atoms with E-state index in [0.717, 1.165) is 23.5 Å². The number of pyridine rings is 1. The van der Waals surface area contributed by atoms with Gasteiger partial charge in [-0.15, -0.1) is 11.6 Å². The van der Waals surface area contributed by atoms with Crippen molar-refractivity contribution < 1.29 is 0 Å². The molecule has 20 heavy (non-hydrogen) atoms. The zero-order valence-corrected chi connectivity index (χ0v) is 13.5. The average molecular weight is 294 g/mol. The molecular formula is C16H24ClN3. The molecule has 0 bridgehead atoms. The maximum absolute atomic E-state index is 6.05. The van der Waals surface area contributed by atoms with Crippen LogP contribution in [0, 0.1) is 5.41 Å². The summed E-state index contributed by atoms with van der Waals surface area (Å²) < 4.78 is 2.19. The molecule has 0 aliphatic carbocycles. The lowest BCUT2D eigenvalue weighted by molar-refractivity contribution is 0.272. The molecule has 0 amide bonds. The van der Waals surface area contributed by atoms with Gasteiger partial charge in [-0.2, -0.15) is 0 Å². The Hall–Kier alpha value is -1.09. The fraction of sp³-hybridized carbons (Fsp3) is 0.625. The third-order valence-corrected chi connectivity index (χ3v) is 3.98. The Kier molecular flexibility index (Phi) is 5.03. The Morgan fingerprint density at radius 1 is 1.30 bits per heavy atom. The highest BCUT2D eigenvalue weighted by molar-refractivity contribution is 6.16. The second kappa shape index (κ2) is 6.57. The molecule has 0 aliphatic heterocycles. The van der Waals surface area contributed by atoms with Gasteiger partial charge >= 0.3 is 0 Å². The van der Waals surface area contributed by atoms with E-state index in [0.29, 0.717) is 5.88 Å². The van der Waals surface area contributed by atoms with E-state index in [1.54, 1.807) is 0 Å². The van der Waals surface area contributed by atoms with Gasteiger partial charge in [0.1, 0.15) is 11.3 Å². The zero-order chi connectivity index (χ0) is 14.6. The van der Waals surface area contributed by atoms with Gasteiger partial charge in [-0.05, 0) is 24.0 Å². The molecule has 0 saturated carbocycles. The number of nitrogens with zero attached hydrogens (tertiary/aromatic N) is 3. The lowest BCUT2D eigenvalue weighted by atomic mass is 9.86. The van der Waals surface area contributed by atoms with Crippen LogP contribution >= 0.6 is 11.6 Å². The fourth-order valence-electron chi connectivity index (χ4n) is 2.63. The van der Waals surface area contributed by atoms with Gasteiger partial charge in [0.25, 0.3) is 0 Å². The van der Waals surface area contributed by atoms with Crippen molar-refractivity contribution in [2.24, 2.45) is 5.41 Å². The highest BCUT2D eigenvalue weighted by atomic mass is 35.5. The lowest BCUT2D eigenvalue weighted by Gasteiger charge is -2.26. The summed E-state index contributed by atoms with van der Waals surface area (Å²) in [6.45, 7) is 7.79. The molecule has 0 saturated heterocycles. The van der Waals surface area contributed by atoms with Crippen molar-refractivity contribution in [2.75, 3.05) is 0 Å². The van der Waals surface area contributed by atoms with Crippen molar-refractivity contribution >= 4 is 22.8 Å². The minimum atomic E-state index is 0.237. The highest BCUT2D eigenvalue weighted by Crippen LogP contribution is 2.28.